The van der Waals surface area contributed by atoms with E-state index in [-0.39, 0.29) is 25.7 Å². The first-order valence-corrected chi connectivity index (χ1v) is 15.5. The lowest BCUT2D eigenvalue weighted by Gasteiger charge is -2.45. The number of hydrogen-bond acceptors (Lipinski definition) is 15. The molecular weight excluding hydrogens is 616 g/mol. The molecule has 16 heteroatoms. The van der Waals surface area contributed by atoms with E-state index in [0.29, 0.717) is 51.4 Å². The molecule has 248 valence electrons. The van der Waals surface area contributed by atoms with Gasteiger partial charge in [0.2, 0.25) is 5.57 Å². The van der Waals surface area contributed by atoms with Crippen LogP contribution in [0.3, 0.4) is 0 Å². The molecule has 16 nitrogen and oxygen atoms in total. The fraction of sp³-hybridized carbons (Fsp3) is 0.667. The number of carbonyl (C=O) groups excluding carboxylic acids is 6. The lowest BCUT2D eigenvalue weighted by atomic mass is 9.86. The van der Waals surface area contributed by atoms with Crippen molar-refractivity contribution in [2.24, 2.45) is 11.8 Å². The molecule has 0 unspecified atom stereocenters. The van der Waals surface area contributed by atoms with Crippen molar-refractivity contribution in [2.45, 2.75) is 113 Å². The second-order valence-electron chi connectivity index (χ2n) is 12.8. The van der Waals surface area contributed by atoms with E-state index in [0.717, 1.165) is 12.8 Å². The fourth-order valence-corrected chi connectivity index (χ4v) is 7.31. The van der Waals surface area contributed by atoms with Crippen LogP contribution in [0.15, 0.2) is 23.0 Å². The summed E-state index contributed by atoms with van der Waals surface area (Å²) in [5.41, 5.74) is -1.41. The van der Waals surface area contributed by atoms with E-state index in [1.165, 1.54) is 0 Å². The first-order chi connectivity index (χ1) is 21.9. The zero-order valence-corrected chi connectivity index (χ0v) is 24.7. The van der Waals surface area contributed by atoms with Gasteiger partial charge in [-0.2, -0.15) is 0 Å². The van der Waals surface area contributed by atoms with Crippen molar-refractivity contribution in [3.8, 4) is 0 Å². The number of ether oxygens (including phenoxy) is 8. The lowest BCUT2D eigenvalue weighted by Crippen LogP contribution is -2.56. The van der Waals surface area contributed by atoms with Gasteiger partial charge >= 0.3 is 41.6 Å². The predicted octanol–water partition coefficient (Wildman–Crippen LogP) is 2.37. The molecule has 0 aromatic rings. The lowest BCUT2D eigenvalue weighted by molar-refractivity contribution is -0.297. The number of aliphatic hydroxyl groups is 2. The van der Waals surface area contributed by atoms with Gasteiger partial charge in [0.25, 0.3) is 29.3 Å². The Morgan fingerprint density at radius 3 is 1.20 bits per heavy atom. The Morgan fingerprint density at radius 1 is 0.457 bits per heavy atom. The summed E-state index contributed by atoms with van der Waals surface area (Å²) in [7, 11) is 0. The average molecular weight is 650 g/mol. The minimum atomic E-state index is -1.91. The van der Waals surface area contributed by atoms with Crippen molar-refractivity contribution in [1.29, 1.82) is 0 Å². The molecule has 46 heavy (non-hydrogen) atoms. The van der Waals surface area contributed by atoms with Crippen LogP contribution in [0, 0.1) is 11.8 Å². The highest BCUT2D eigenvalue weighted by atomic mass is 16.8. The van der Waals surface area contributed by atoms with Gasteiger partial charge in [-0.05, 0) is 25.7 Å². The first kappa shape index (κ1) is 30.2. The highest BCUT2D eigenvalue weighted by molar-refractivity contribution is 6.09. The number of aliphatic hydroxyl groups excluding tert-OH is 2. The van der Waals surface area contributed by atoms with Crippen molar-refractivity contribution in [3.63, 3.8) is 0 Å². The van der Waals surface area contributed by atoms with Crippen LogP contribution in [0.5, 0.6) is 0 Å². The number of rotatable bonds is 2. The minimum absolute atomic E-state index is 0.205. The Labute approximate surface area is 260 Å². The van der Waals surface area contributed by atoms with Crippen molar-refractivity contribution >= 4 is 35.8 Å². The van der Waals surface area contributed by atoms with Gasteiger partial charge in [0.1, 0.15) is 5.57 Å². The normalized spacial score (nSPS) is 30.1. The van der Waals surface area contributed by atoms with E-state index >= 15 is 0 Å². The van der Waals surface area contributed by atoms with E-state index < -0.39 is 93.8 Å². The predicted molar refractivity (Wildman–Crippen MR) is 143 cm³/mol. The monoisotopic (exact) mass is 649 g/mol. The Morgan fingerprint density at radius 2 is 0.804 bits per heavy atom. The Balaban J connectivity index is 1.04. The SMILES string of the molecule is O=C1OC2(CCC3(CC2)OC(=[OH+])C(C2C(=O)OC4(CCCCC4)OC2=O)=C(O)O3)OC(O)=C1C1C(=O)OC2(CCCCC2)OC1=O. The standard InChI is InChI=1S/C30H32O16/c31-19-15(20(32)40-27(39-19)7-3-1-4-8-27)17-23(35)43-29(44-24(17)36)11-13-30(14-12-29)45-25(37)18(26(38)46-30)16-21(33)41-28(42-22(16)34)9-5-2-6-10-28/h15-16,35,37H,1-14H2/p+1. The topological polar surface area (TPSA) is 221 Å². The Bertz CT molecular complexity index is 1320. The quantitative estimate of drug-likeness (QED) is 0.190. The summed E-state index contributed by atoms with van der Waals surface area (Å²) >= 11 is 0. The van der Waals surface area contributed by atoms with Crippen LogP contribution in [0.4, 0.5) is 0 Å². The van der Waals surface area contributed by atoms with Crippen molar-refractivity contribution in [2.75, 3.05) is 0 Å². The molecule has 0 aromatic carbocycles. The van der Waals surface area contributed by atoms with Crippen LogP contribution in [0.2, 0.25) is 0 Å². The van der Waals surface area contributed by atoms with Crippen molar-refractivity contribution in [1.82, 2.24) is 0 Å². The van der Waals surface area contributed by atoms with Gasteiger partial charge in [-0.3, -0.25) is 23.9 Å². The molecule has 7 rings (SSSR count). The van der Waals surface area contributed by atoms with E-state index in [1.807, 2.05) is 0 Å². The summed E-state index contributed by atoms with van der Waals surface area (Å²) in [6.07, 6.45) is 5.04. The molecule has 3 saturated carbocycles. The third-order valence-electron chi connectivity index (χ3n) is 9.71. The average Bonchev–Trinajstić information content (AvgIpc) is 2.98. The van der Waals surface area contributed by atoms with Gasteiger partial charge in [0, 0.05) is 38.5 Å². The number of hydrogen-bond donors (Lipinski definition) is 2. The second-order valence-corrected chi connectivity index (χ2v) is 12.8. The maximum absolute atomic E-state index is 13.1. The van der Waals surface area contributed by atoms with Crippen LogP contribution in [-0.2, 0) is 61.9 Å². The van der Waals surface area contributed by atoms with Crippen LogP contribution in [-0.4, -0.2) is 74.0 Å². The van der Waals surface area contributed by atoms with E-state index in [9.17, 15) is 39.0 Å². The van der Waals surface area contributed by atoms with Gasteiger partial charge in [0.15, 0.2) is 11.8 Å². The second kappa shape index (κ2) is 10.5. The van der Waals surface area contributed by atoms with Gasteiger partial charge in [0.05, 0.1) is 12.8 Å². The molecule has 0 radical (unpaired) electrons. The molecule has 5 fully saturated rings. The zero-order valence-electron chi connectivity index (χ0n) is 24.7. The molecule has 4 aliphatic heterocycles. The van der Waals surface area contributed by atoms with Crippen molar-refractivity contribution < 1.29 is 76.9 Å². The zero-order chi connectivity index (χ0) is 32.5. The summed E-state index contributed by atoms with van der Waals surface area (Å²) < 4.78 is 44.1. The molecule has 3 N–H and O–H groups in total. The van der Waals surface area contributed by atoms with E-state index in [4.69, 9.17) is 37.9 Å². The van der Waals surface area contributed by atoms with Gasteiger partial charge in [-0.1, -0.05) is 12.8 Å². The molecule has 0 amide bonds. The summed E-state index contributed by atoms with van der Waals surface area (Å²) in [6.45, 7) is 0. The molecule has 0 bridgehead atoms. The molecule has 0 atom stereocenters. The summed E-state index contributed by atoms with van der Waals surface area (Å²) in [5.74, 6) is -18.4. The molecule has 4 heterocycles. The third kappa shape index (κ3) is 4.88. The summed E-state index contributed by atoms with van der Waals surface area (Å²) in [5, 5.41) is 21.5. The molecule has 3 aliphatic carbocycles. The van der Waals surface area contributed by atoms with Crippen LogP contribution in [0.1, 0.15) is 89.9 Å². The smallest absolute Gasteiger partial charge is 0.480 e. The largest absolute Gasteiger partial charge is 0.525 e. The molecular formula is C30H33O16+. The van der Waals surface area contributed by atoms with Gasteiger partial charge in [-0.15, -0.1) is 0 Å². The molecule has 4 spiro atoms. The molecule has 0 aromatic heterocycles. The molecule has 7 aliphatic rings. The van der Waals surface area contributed by atoms with Crippen LogP contribution in [0.25, 0.3) is 0 Å². The van der Waals surface area contributed by atoms with Crippen molar-refractivity contribution in [3.05, 3.63) is 23.0 Å². The van der Waals surface area contributed by atoms with E-state index in [2.05, 4.69) is 0 Å². The van der Waals surface area contributed by atoms with E-state index in [1.54, 1.807) is 0 Å². The third-order valence-corrected chi connectivity index (χ3v) is 9.71. The highest BCUT2D eigenvalue weighted by Gasteiger charge is 2.64. The Kier molecular flexibility index (Phi) is 6.90. The Hall–Kier alpha value is -4.50. The number of esters is 6. The fourth-order valence-electron chi connectivity index (χ4n) is 7.31. The van der Waals surface area contributed by atoms with Gasteiger partial charge in [-0.25, -0.2) is 4.79 Å². The van der Waals surface area contributed by atoms with Crippen LogP contribution >= 0.6 is 0 Å². The summed E-state index contributed by atoms with van der Waals surface area (Å²) in [4.78, 5) is 75.5. The number of carbonyl (C=O) groups is 5. The minimum Gasteiger partial charge on any atom is -0.480 e. The maximum atomic E-state index is 13.1. The van der Waals surface area contributed by atoms with Gasteiger partial charge < -0.3 is 48.2 Å². The maximum Gasteiger partial charge on any atom is 0.525 e. The first-order valence-electron chi connectivity index (χ1n) is 15.5. The summed E-state index contributed by atoms with van der Waals surface area (Å²) in [6, 6.07) is 0. The van der Waals surface area contributed by atoms with Crippen LogP contribution < -0.4 is 0 Å². The molecule has 2 saturated heterocycles. The highest BCUT2D eigenvalue weighted by Crippen LogP contribution is 2.49.